The molecule has 1 fully saturated rings. The Bertz CT molecular complexity index is 529. The Balaban J connectivity index is 2.15. The maximum absolute atomic E-state index is 12.9. The second-order valence-corrected chi connectivity index (χ2v) is 6.26. The molecule has 22 heavy (non-hydrogen) atoms. The highest BCUT2D eigenvalue weighted by molar-refractivity contribution is 5.73. The number of nitrogens with one attached hydrogen (secondary N) is 1. The number of aromatic nitrogens is 2. The van der Waals surface area contributed by atoms with Crippen molar-refractivity contribution in [3.05, 3.63) is 17.5 Å². The number of carbonyl (C=O) groups is 1. The summed E-state index contributed by atoms with van der Waals surface area (Å²) in [4.78, 5) is 11.1. The molecule has 0 radical (unpaired) electrons. The monoisotopic (exact) mass is 317 g/mol. The van der Waals surface area contributed by atoms with Gasteiger partial charge in [0.25, 0.3) is 0 Å². The van der Waals surface area contributed by atoms with Gasteiger partial charge in [-0.1, -0.05) is 13.8 Å². The minimum absolute atomic E-state index is 0.0170. The lowest BCUT2D eigenvalue weighted by atomic mass is 9.91. The van der Waals surface area contributed by atoms with Gasteiger partial charge in [-0.3, -0.25) is 9.48 Å². The van der Waals surface area contributed by atoms with Gasteiger partial charge in [-0.25, -0.2) is 0 Å². The molecule has 0 aromatic carbocycles. The Labute approximate surface area is 128 Å². The van der Waals surface area contributed by atoms with E-state index in [2.05, 4.69) is 10.4 Å². The van der Waals surface area contributed by atoms with E-state index in [0.717, 1.165) is 31.7 Å². The quantitative estimate of drug-likeness (QED) is 0.925. The van der Waals surface area contributed by atoms with Crippen LogP contribution in [0.3, 0.4) is 0 Å². The number of hydrogen-bond acceptors (Lipinski definition) is 2. The summed E-state index contributed by atoms with van der Waals surface area (Å²) in [6.45, 7) is 5.22. The zero-order valence-electron chi connectivity index (χ0n) is 13.1. The number of hydrogen-bond donors (Lipinski definition) is 1. The molecule has 0 bridgehead atoms. The molecule has 4 nitrogen and oxygen atoms in total. The molecule has 0 saturated heterocycles. The normalized spacial score (nSPS) is 22.9. The highest BCUT2D eigenvalue weighted by Crippen LogP contribution is 2.35. The van der Waals surface area contributed by atoms with Crippen molar-refractivity contribution in [3.8, 4) is 0 Å². The van der Waals surface area contributed by atoms with E-state index >= 15 is 0 Å². The van der Waals surface area contributed by atoms with Gasteiger partial charge in [0.05, 0.1) is 6.04 Å². The number of amides is 1. The van der Waals surface area contributed by atoms with E-state index < -0.39 is 11.9 Å². The standard InChI is InChI=1S/C15H22F3N3O/c1-9(2)13-8-14(15(16,17)18)20-21(13)12-6-4-11(5-7-12)19-10(3)22/h8-9,11-12H,4-7H2,1-3H3,(H,19,22). The van der Waals surface area contributed by atoms with E-state index in [0.29, 0.717) is 5.69 Å². The number of alkyl halides is 3. The highest BCUT2D eigenvalue weighted by Gasteiger charge is 2.36. The molecule has 1 amide bonds. The van der Waals surface area contributed by atoms with Crippen molar-refractivity contribution in [2.75, 3.05) is 0 Å². The largest absolute Gasteiger partial charge is 0.435 e. The summed E-state index contributed by atoms with van der Waals surface area (Å²) in [5.41, 5.74) is -0.199. The molecule has 1 aromatic heterocycles. The Kier molecular flexibility index (Phi) is 4.82. The first-order valence-corrected chi connectivity index (χ1v) is 7.62. The number of carbonyl (C=O) groups excluding carboxylic acids is 1. The fourth-order valence-electron chi connectivity index (χ4n) is 3.02. The van der Waals surface area contributed by atoms with Gasteiger partial charge in [-0.2, -0.15) is 18.3 Å². The van der Waals surface area contributed by atoms with Crippen molar-refractivity contribution >= 4 is 5.91 Å². The lowest BCUT2D eigenvalue weighted by Crippen LogP contribution is -2.37. The van der Waals surface area contributed by atoms with Gasteiger partial charge in [-0.15, -0.1) is 0 Å². The van der Waals surface area contributed by atoms with Crippen molar-refractivity contribution in [3.63, 3.8) is 0 Å². The summed E-state index contributed by atoms with van der Waals surface area (Å²) in [6, 6.07) is 1.25. The van der Waals surface area contributed by atoms with Crippen molar-refractivity contribution in [2.45, 2.75) is 70.6 Å². The molecule has 1 heterocycles. The van der Waals surface area contributed by atoms with Gasteiger partial charge >= 0.3 is 6.18 Å². The summed E-state index contributed by atoms with van der Waals surface area (Å²) in [5, 5.41) is 6.69. The SMILES string of the molecule is CC(=O)NC1CCC(n2nc(C(F)(F)F)cc2C(C)C)CC1. The van der Waals surface area contributed by atoms with Crippen LogP contribution < -0.4 is 5.32 Å². The summed E-state index contributed by atoms with van der Waals surface area (Å²) >= 11 is 0. The summed E-state index contributed by atoms with van der Waals surface area (Å²) in [7, 11) is 0. The van der Waals surface area contributed by atoms with Crippen molar-refractivity contribution < 1.29 is 18.0 Å². The van der Waals surface area contributed by atoms with Gasteiger partial charge < -0.3 is 5.32 Å². The van der Waals surface area contributed by atoms with Crippen molar-refractivity contribution in [1.82, 2.24) is 15.1 Å². The third kappa shape index (κ3) is 3.81. The first kappa shape index (κ1) is 16.8. The fourth-order valence-corrected chi connectivity index (χ4v) is 3.02. The van der Waals surface area contributed by atoms with Gasteiger partial charge in [0, 0.05) is 18.7 Å². The molecule has 0 spiro atoms. The fraction of sp³-hybridized carbons (Fsp3) is 0.733. The molecule has 0 aliphatic heterocycles. The molecule has 0 atom stereocenters. The van der Waals surface area contributed by atoms with Gasteiger partial charge in [-0.05, 0) is 37.7 Å². The van der Waals surface area contributed by atoms with Crippen LogP contribution in [0.1, 0.15) is 69.8 Å². The van der Waals surface area contributed by atoms with E-state index in [1.807, 2.05) is 13.8 Å². The average Bonchev–Trinajstić information content (AvgIpc) is 2.84. The second kappa shape index (κ2) is 6.30. The predicted molar refractivity (Wildman–Crippen MR) is 76.4 cm³/mol. The van der Waals surface area contributed by atoms with Gasteiger partial charge in [0.15, 0.2) is 5.69 Å². The smallest absolute Gasteiger partial charge is 0.354 e. The molecule has 0 unspecified atom stereocenters. The average molecular weight is 317 g/mol. The molecule has 1 aliphatic rings. The second-order valence-electron chi connectivity index (χ2n) is 6.26. The van der Waals surface area contributed by atoms with E-state index in [4.69, 9.17) is 0 Å². The van der Waals surface area contributed by atoms with Gasteiger partial charge in [0.1, 0.15) is 0 Å². The minimum atomic E-state index is -4.41. The minimum Gasteiger partial charge on any atom is -0.354 e. The van der Waals surface area contributed by atoms with Crippen molar-refractivity contribution in [1.29, 1.82) is 0 Å². The van der Waals surface area contributed by atoms with Crippen LogP contribution in [0.4, 0.5) is 13.2 Å². The van der Waals surface area contributed by atoms with Crippen LogP contribution in [0, 0.1) is 0 Å². The number of nitrogens with zero attached hydrogens (tertiary/aromatic N) is 2. The van der Waals surface area contributed by atoms with Crippen molar-refractivity contribution in [2.24, 2.45) is 0 Å². The zero-order chi connectivity index (χ0) is 16.5. The summed E-state index contributed by atoms with van der Waals surface area (Å²) in [6.07, 6.45) is -1.43. The first-order chi connectivity index (χ1) is 10.2. The van der Waals surface area contributed by atoms with Crippen LogP contribution in [-0.2, 0) is 11.0 Å². The van der Waals surface area contributed by atoms with E-state index in [1.165, 1.54) is 6.92 Å². The number of rotatable bonds is 3. The Morgan fingerprint density at radius 2 is 1.91 bits per heavy atom. The molecular weight excluding hydrogens is 295 g/mol. The molecule has 1 N–H and O–H groups in total. The van der Waals surface area contributed by atoms with Crippen LogP contribution in [0.5, 0.6) is 0 Å². The molecule has 1 saturated carbocycles. The van der Waals surface area contributed by atoms with E-state index in [-0.39, 0.29) is 23.9 Å². The van der Waals surface area contributed by atoms with Crippen LogP contribution in [0.25, 0.3) is 0 Å². The molecular formula is C15H22F3N3O. The summed E-state index contributed by atoms with van der Waals surface area (Å²) in [5.74, 6) is -0.0820. The summed E-state index contributed by atoms with van der Waals surface area (Å²) < 4.78 is 40.2. The Morgan fingerprint density at radius 1 is 1.32 bits per heavy atom. The molecule has 1 aromatic rings. The zero-order valence-corrected chi connectivity index (χ0v) is 13.1. The van der Waals surface area contributed by atoms with E-state index in [9.17, 15) is 18.0 Å². The van der Waals surface area contributed by atoms with Crippen LogP contribution >= 0.6 is 0 Å². The van der Waals surface area contributed by atoms with E-state index in [1.54, 1.807) is 4.68 Å². The third-order valence-corrected chi connectivity index (χ3v) is 4.10. The maximum atomic E-state index is 12.9. The third-order valence-electron chi connectivity index (χ3n) is 4.10. The molecule has 7 heteroatoms. The Hall–Kier alpha value is -1.53. The van der Waals surface area contributed by atoms with Crippen LogP contribution in [-0.4, -0.2) is 21.7 Å². The van der Waals surface area contributed by atoms with Gasteiger partial charge in [0.2, 0.25) is 5.91 Å². The Morgan fingerprint density at radius 3 is 2.36 bits per heavy atom. The van der Waals surface area contributed by atoms with Crippen LogP contribution in [0.15, 0.2) is 6.07 Å². The molecule has 1 aliphatic carbocycles. The predicted octanol–water partition coefficient (Wildman–Crippen LogP) is 3.65. The lowest BCUT2D eigenvalue weighted by molar-refractivity contribution is -0.141. The molecule has 124 valence electrons. The highest BCUT2D eigenvalue weighted by atomic mass is 19.4. The first-order valence-electron chi connectivity index (χ1n) is 7.62. The maximum Gasteiger partial charge on any atom is 0.435 e. The number of halogens is 3. The topological polar surface area (TPSA) is 46.9 Å². The molecule has 2 rings (SSSR count). The van der Waals surface area contributed by atoms with Crippen LogP contribution in [0.2, 0.25) is 0 Å². The lowest BCUT2D eigenvalue weighted by Gasteiger charge is -2.30.